The molecule has 0 aromatic heterocycles. The number of carbonyl (C=O) groups is 3. The predicted molar refractivity (Wildman–Crippen MR) is 90.9 cm³/mol. The van der Waals surface area contributed by atoms with Gasteiger partial charge in [0.05, 0.1) is 6.04 Å². The number of hydrogen-bond acceptors (Lipinski definition) is 3. The Kier molecular flexibility index (Phi) is 7.46. The van der Waals surface area contributed by atoms with Crippen LogP contribution in [0.1, 0.15) is 53.4 Å². The summed E-state index contributed by atoms with van der Waals surface area (Å²) in [5, 5.41) is 0. The van der Waals surface area contributed by atoms with Gasteiger partial charge in [0.2, 0.25) is 11.8 Å². The van der Waals surface area contributed by atoms with Gasteiger partial charge in [-0.25, -0.2) is 0 Å². The van der Waals surface area contributed by atoms with Crippen LogP contribution in [0.2, 0.25) is 0 Å². The number of likely N-dealkylation sites (tertiary alicyclic amines) is 1. The van der Waals surface area contributed by atoms with Crippen molar-refractivity contribution in [2.45, 2.75) is 65.5 Å². The van der Waals surface area contributed by atoms with Crippen LogP contribution in [0.25, 0.3) is 0 Å². The molecular formula is C18H30N2O3. The number of Topliss-reactive ketones (excluding diaryl/α,β-unsaturated/α-hetero) is 1. The van der Waals surface area contributed by atoms with Crippen LogP contribution >= 0.6 is 0 Å². The van der Waals surface area contributed by atoms with Crippen LogP contribution in [0, 0.1) is 5.92 Å². The normalized spacial score (nSPS) is 19.4. The van der Waals surface area contributed by atoms with E-state index in [1.165, 1.54) is 6.08 Å². The maximum atomic E-state index is 12.9. The smallest absolute Gasteiger partial charge is 0.246 e. The molecule has 2 atom stereocenters. The molecule has 1 saturated heterocycles. The molecule has 0 saturated carbocycles. The highest BCUT2D eigenvalue weighted by atomic mass is 16.2. The summed E-state index contributed by atoms with van der Waals surface area (Å²) >= 11 is 0. The molecule has 1 heterocycles. The van der Waals surface area contributed by atoms with Crippen molar-refractivity contribution in [3.05, 3.63) is 12.2 Å². The lowest BCUT2D eigenvalue weighted by Gasteiger charge is -2.33. The average molecular weight is 322 g/mol. The predicted octanol–water partition coefficient (Wildman–Crippen LogP) is 2.41. The zero-order chi connectivity index (χ0) is 17.6. The van der Waals surface area contributed by atoms with Gasteiger partial charge in [0.15, 0.2) is 5.78 Å². The summed E-state index contributed by atoms with van der Waals surface area (Å²) in [6.45, 7) is 8.31. The zero-order valence-electron chi connectivity index (χ0n) is 15.0. The van der Waals surface area contributed by atoms with Gasteiger partial charge >= 0.3 is 0 Å². The van der Waals surface area contributed by atoms with Crippen molar-refractivity contribution < 1.29 is 14.4 Å². The Labute approximate surface area is 139 Å². The summed E-state index contributed by atoms with van der Waals surface area (Å²) in [5.41, 5.74) is 0. The number of likely N-dealkylation sites (N-methyl/N-ethyl adjacent to an activating group) is 1. The molecule has 1 rings (SSSR count). The van der Waals surface area contributed by atoms with Crippen LogP contribution in [0.15, 0.2) is 12.2 Å². The van der Waals surface area contributed by atoms with E-state index in [2.05, 4.69) is 0 Å². The molecule has 130 valence electrons. The number of rotatable bonds is 7. The lowest BCUT2D eigenvalue weighted by Crippen LogP contribution is -2.51. The van der Waals surface area contributed by atoms with E-state index in [0.29, 0.717) is 31.7 Å². The van der Waals surface area contributed by atoms with E-state index >= 15 is 0 Å². The van der Waals surface area contributed by atoms with Crippen LogP contribution in [-0.2, 0) is 14.4 Å². The number of hydrogen-bond donors (Lipinski definition) is 0. The quantitative estimate of drug-likeness (QED) is 0.676. The minimum Gasteiger partial charge on any atom is -0.334 e. The molecule has 5 nitrogen and oxygen atoms in total. The largest absolute Gasteiger partial charge is 0.334 e. The molecular weight excluding hydrogens is 292 g/mol. The van der Waals surface area contributed by atoms with Crippen molar-refractivity contribution in [1.82, 2.24) is 9.80 Å². The Morgan fingerprint density at radius 2 is 1.96 bits per heavy atom. The van der Waals surface area contributed by atoms with E-state index in [0.717, 1.165) is 6.42 Å². The third-order valence-electron chi connectivity index (χ3n) is 4.36. The highest BCUT2D eigenvalue weighted by Crippen LogP contribution is 2.22. The summed E-state index contributed by atoms with van der Waals surface area (Å²) in [4.78, 5) is 40.4. The van der Waals surface area contributed by atoms with Crippen molar-refractivity contribution >= 4 is 17.6 Å². The zero-order valence-corrected chi connectivity index (χ0v) is 15.0. The second-order valence-corrected chi connectivity index (χ2v) is 6.60. The molecule has 0 aliphatic carbocycles. The van der Waals surface area contributed by atoms with E-state index < -0.39 is 12.1 Å². The minimum atomic E-state index is -0.442. The maximum absolute atomic E-state index is 12.9. The number of nitrogens with zero attached hydrogens (tertiary/aromatic N) is 2. The van der Waals surface area contributed by atoms with Gasteiger partial charge in [-0.3, -0.25) is 14.4 Å². The van der Waals surface area contributed by atoms with Gasteiger partial charge in [0, 0.05) is 20.0 Å². The fourth-order valence-corrected chi connectivity index (χ4v) is 3.10. The number of carbonyl (C=O) groups excluding carboxylic acids is 3. The molecule has 0 N–H and O–H groups in total. The van der Waals surface area contributed by atoms with Gasteiger partial charge in [0.1, 0.15) is 6.04 Å². The Hall–Kier alpha value is -1.65. The maximum Gasteiger partial charge on any atom is 0.246 e. The summed E-state index contributed by atoms with van der Waals surface area (Å²) in [6.07, 6.45) is 5.75. The van der Waals surface area contributed by atoms with Crippen molar-refractivity contribution in [2.24, 2.45) is 5.92 Å². The number of amides is 2. The van der Waals surface area contributed by atoms with Crippen molar-refractivity contribution in [2.75, 3.05) is 13.6 Å². The summed E-state index contributed by atoms with van der Waals surface area (Å²) in [6, 6.07) is -0.838. The molecule has 1 aliphatic heterocycles. The van der Waals surface area contributed by atoms with Crippen molar-refractivity contribution in [1.29, 1.82) is 0 Å². The molecule has 0 unspecified atom stereocenters. The lowest BCUT2D eigenvalue weighted by atomic mass is 9.97. The van der Waals surface area contributed by atoms with Gasteiger partial charge in [-0.1, -0.05) is 26.8 Å². The highest BCUT2D eigenvalue weighted by molar-refractivity contribution is 5.95. The van der Waals surface area contributed by atoms with E-state index in [1.54, 1.807) is 29.8 Å². The van der Waals surface area contributed by atoms with E-state index in [-0.39, 0.29) is 17.6 Å². The van der Waals surface area contributed by atoms with E-state index in [4.69, 9.17) is 0 Å². The van der Waals surface area contributed by atoms with Crippen LogP contribution in [0.3, 0.4) is 0 Å². The lowest BCUT2D eigenvalue weighted by molar-refractivity contribution is -0.145. The Balaban J connectivity index is 2.91. The van der Waals surface area contributed by atoms with Gasteiger partial charge in [-0.05, 0) is 38.2 Å². The fraction of sp³-hybridized carbons (Fsp3) is 0.722. The van der Waals surface area contributed by atoms with Gasteiger partial charge in [-0.2, -0.15) is 0 Å². The molecule has 23 heavy (non-hydrogen) atoms. The minimum absolute atomic E-state index is 0.0823. The molecule has 0 radical (unpaired) electrons. The van der Waals surface area contributed by atoms with Gasteiger partial charge in [-0.15, -0.1) is 0 Å². The first kappa shape index (κ1) is 19.4. The molecule has 1 aliphatic rings. The van der Waals surface area contributed by atoms with Crippen molar-refractivity contribution in [3.63, 3.8) is 0 Å². The molecule has 0 aromatic carbocycles. The second-order valence-electron chi connectivity index (χ2n) is 6.60. The fourth-order valence-electron chi connectivity index (χ4n) is 3.10. The van der Waals surface area contributed by atoms with E-state index in [1.807, 2.05) is 20.8 Å². The average Bonchev–Trinajstić information content (AvgIpc) is 3.00. The number of ketones is 1. The van der Waals surface area contributed by atoms with E-state index in [9.17, 15) is 14.4 Å². The summed E-state index contributed by atoms with van der Waals surface area (Å²) in [5.74, 6) is 0.167. The van der Waals surface area contributed by atoms with Gasteiger partial charge in [0.25, 0.3) is 0 Å². The van der Waals surface area contributed by atoms with Crippen LogP contribution in [-0.4, -0.2) is 53.1 Å². The Morgan fingerprint density at radius 3 is 2.48 bits per heavy atom. The van der Waals surface area contributed by atoms with Gasteiger partial charge < -0.3 is 9.80 Å². The Morgan fingerprint density at radius 1 is 1.30 bits per heavy atom. The monoisotopic (exact) mass is 322 g/mol. The first-order valence-corrected chi connectivity index (χ1v) is 8.56. The van der Waals surface area contributed by atoms with Crippen LogP contribution in [0.4, 0.5) is 0 Å². The molecule has 0 spiro atoms. The standard InChI is InChI=1S/C18H30N2O3/c1-6-9-17(22)20-11-8-10-14(20)18(23)19(5)15(12-13(3)4)16(21)7-2/h6,9,13-15H,7-8,10-12H2,1-5H3/b9-6+/t14-,15+/m0/s1. The summed E-state index contributed by atoms with van der Waals surface area (Å²) in [7, 11) is 1.69. The summed E-state index contributed by atoms with van der Waals surface area (Å²) < 4.78 is 0. The number of allylic oxidation sites excluding steroid dienone is 1. The third kappa shape index (κ3) is 4.91. The SMILES string of the molecule is C/C=C/C(=O)N1CCC[C@H]1C(=O)N(C)[C@H](CC(C)C)C(=O)CC. The van der Waals surface area contributed by atoms with Crippen LogP contribution < -0.4 is 0 Å². The molecule has 2 amide bonds. The molecule has 0 aromatic rings. The van der Waals surface area contributed by atoms with Crippen molar-refractivity contribution in [3.8, 4) is 0 Å². The molecule has 5 heteroatoms. The van der Waals surface area contributed by atoms with Crippen LogP contribution in [0.5, 0.6) is 0 Å². The Bertz CT molecular complexity index is 471. The molecule has 1 fully saturated rings. The third-order valence-corrected chi connectivity index (χ3v) is 4.36. The second kappa shape index (κ2) is 8.85. The topological polar surface area (TPSA) is 57.7 Å². The first-order chi connectivity index (χ1) is 10.8. The highest BCUT2D eigenvalue weighted by Gasteiger charge is 2.37. The first-order valence-electron chi connectivity index (χ1n) is 8.56. The molecule has 0 bridgehead atoms.